The predicted octanol–water partition coefficient (Wildman–Crippen LogP) is 1.65. The highest BCUT2D eigenvalue weighted by Crippen LogP contribution is 2.14. The van der Waals surface area contributed by atoms with E-state index in [1.54, 1.807) is 0 Å². The average Bonchev–Trinajstić information content (AvgIpc) is 2.62. The van der Waals surface area contributed by atoms with Crippen LogP contribution in [0.25, 0.3) is 0 Å². The summed E-state index contributed by atoms with van der Waals surface area (Å²) in [5, 5.41) is 6.42. The Hall–Kier alpha value is -1.03. The molecule has 14 heavy (non-hydrogen) atoms. The molecule has 1 amide bonds. The summed E-state index contributed by atoms with van der Waals surface area (Å²) >= 11 is 5.32. The Labute approximate surface area is 87.6 Å². The normalized spacial score (nSPS) is 10.6. The van der Waals surface area contributed by atoms with Crippen LogP contribution in [-0.4, -0.2) is 16.9 Å². The molecule has 0 bridgehead atoms. The number of nitrogens with one attached hydrogen (secondary N) is 1. The first kappa shape index (κ1) is 11.0. The van der Waals surface area contributed by atoms with Gasteiger partial charge in [-0.2, -0.15) is 0 Å². The van der Waals surface area contributed by atoms with Crippen LogP contribution in [0.2, 0.25) is 0 Å². The lowest BCUT2D eigenvalue weighted by atomic mass is 10.1. The van der Waals surface area contributed by atoms with Crippen LogP contribution < -0.4 is 5.32 Å². The highest BCUT2D eigenvalue weighted by atomic mass is 35.5. The molecular weight excluding hydrogens is 204 g/mol. The first-order valence-electron chi connectivity index (χ1n) is 4.41. The van der Waals surface area contributed by atoms with Gasteiger partial charge >= 0.3 is 0 Å². The second kappa shape index (κ2) is 5.00. The molecule has 0 saturated carbocycles. The molecule has 0 aromatic carbocycles. The molecule has 78 valence electrons. The van der Waals surface area contributed by atoms with Crippen LogP contribution in [0.4, 0.5) is 0 Å². The van der Waals surface area contributed by atoms with Crippen molar-refractivity contribution in [2.45, 2.75) is 26.3 Å². The Kier molecular flexibility index (Phi) is 3.95. The van der Waals surface area contributed by atoms with Crippen molar-refractivity contribution in [1.29, 1.82) is 0 Å². The fraction of sp³-hybridized carbons (Fsp3) is 0.556. The quantitative estimate of drug-likeness (QED) is 0.779. The maximum absolute atomic E-state index is 10.8. The van der Waals surface area contributed by atoms with Gasteiger partial charge in [0.05, 0.1) is 6.54 Å². The van der Waals surface area contributed by atoms with Gasteiger partial charge in [0.1, 0.15) is 17.3 Å². The Morgan fingerprint density at radius 1 is 1.71 bits per heavy atom. The minimum absolute atomic E-state index is 0.0328. The van der Waals surface area contributed by atoms with Crippen molar-refractivity contribution < 1.29 is 9.32 Å². The maximum atomic E-state index is 10.8. The van der Waals surface area contributed by atoms with Gasteiger partial charge in [-0.25, -0.2) is 0 Å². The summed E-state index contributed by atoms with van der Waals surface area (Å²) in [5.41, 5.74) is 0.715. The Morgan fingerprint density at radius 3 is 2.93 bits per heavy atom. The third-order valence-corrected chi connectivity index (χ3v) is 1.98. The van der Waals surface area contributed by atoms with E-state index in [0.29, 0.717) is 18.2 Å². The molecule has 1 heterocycles. The summed E-state index contributed by atoms with van der Waals surface area (Å²) in [6.45, 7) is 4.39. The van der Waals surface area contributed by atoms with Gasteiger partial charge in [0, 0.05) is 12.0 Å². The van der Waals surface area contributed by atoms with E-state index >= 15 is 0 Å². The number of carbonyl (C=O) groups excluding carboxylic acids is 1. The van der Waals surface area contributed by atoms with Gasteiger partial charge in [-0.3, -0.25) is 4.79 Å². The average molecular weight is 217 g/mol. The van der Waals surface area contributed by atoms with Gasteiger partial charge in [-0.05, 0) is 0 Å². The number of nitrogens with zero attached hydrogens (tertiary/aromatic N) is 1. The summed E-state index contributed by atoms with van der Waals surface area (Å²) < 4.78 is 5.06. The number of hydrogen-bond acceptors (Lipinski definition) is 3. The molecule has 0 fully saturated rings. The van der Waals surface area contributed by atoms with Crippen molar-refractivity contribution in [2.75, 3.05) is 5.88 Å². The first-order valence-corrected chi connectivity index (χ1v) is 4.95. The van der Waals surface area contributed by atoms with Gasteiger partial charge in [0.25, 0.3) is 0 Å². The zero-order chi connectivity index (χ0) is 10.6. The van der Waals surface area contributed by atoms with Crippen molar-refractivity contribution in [2.24, 2.45) is 0 Å². The highest BCUT2D eigenvalue weighted by molar-refractivity contribution is 6.27. The van der Waals surface area contributed by atoms with Crippen LogP contribution in [0.1, 0.15) is 31.2 Å². The van der Waals surface area contributed by atoms with E-state index in [-0.39, 0.29) is 11.8 Å². The van der Waals surface area contributed by atoms with Crippen molar-refractivity contribution in [3.05, 3.63) is 17.5 Å². The number of carbonyl (C=O) groups is 1. The third-order valence-electron chi connectivity index (χ3n) is 1.73. The SMILES string of the molecule is CC(C)c1cc(CNC(=O)CCl)no1. The van der Waals surface area contributed by atoms with Gasteiger partial charge in [0.15, 0.2) is 0 Å². The van der Waals surface area contributed by atoms with Crippen LogP contribution in [0.15, 0.2) is 10.6 Å². The summed E-state index contributed by atoms with van der Waals surface area (Å²) in [6, 6.07) is 1.83. The smallest absolute Gasteiger partial charge is 0.235 e. The minimum Gasteiger partial charge on any atom is -0.361 e. The van der Waals surface area contributed by atoms with E-state index in [9.17, 15) is 4.79 Å². The van der Waals surface area contributed by atoms with Crippen molar-refractivity contribution >= 4 is 17.5 Å². The molecule has 0 aliphatic rings. The van der Waals surface area contributed by atoms with Crippen LogP contribution in [-0.2, 0) is 11.3 Å². The summed E-state index contributed by atoms with van der Waals surface area (Å²) in [5.74, 6) is 0.885. The molecule has 0 aliphatic carbocycles. The number of rotatable bonds is 4. The summed E-state index contributed by atoms with van der Waals surface area (Å²) in [7, 11) is 0. The van der Waals surface area contributed by atoms with Gasteiger partial charge in [-0.1, -0.05) is 19.0 Å². The zero-order valence-electron chi connectivity index (χ0n) is 8.21. The topological polar surface area (TPSA) is 55.1 Å². The van der Waals surface area contributed by atoms with E-state index in [1.165, 1.54) is 0 Å². The molecule has 1 aromatic rings. The van der Waals surface area contributed by atoms with Crippen molar-refractivity contribution in [3.63, 3.8) is 0 Å². The first-order chi connectivity index (χ1) is 6.63. The molecule has 0 radical (unpaired) electrons. The van der Waals surface area contributed by atoms with E-state index in [4.69, 9.17) is 16.1 Å². The summed E-state index contributed by atoms with van der Waals surface area (Å²) in [4.78, 5) is 10.8. The molecule has 5 heteroatoms. The van der Waals surface area contributed by atoms with Crippen molar-refractivity contribution in [3.8, 4) is 0 Å². The number of hydrogen-bond donors (Lipinski definition) is 1. The second-order valence-corrected chi connectivity index (χ2v) is 3.55. The second-order valence-electron chi connectivity index (χ2n) is 3.29. The van der Waals surface area contributed by atoms with Crippen LogP contribution in [0.5, 0.6) is 0 Å². The standard InChI is InChI=1S/C9H13ClN2O2/c1-6(2)8-3-7(12-14-8)5-11-9(13)4-10/h3,6H,4-5H2,1-2H3,(H,11,13). The number of amides is 1. The lowest BCUT2D eigenvalue weighted by Crippen LogP contribution is -2.23. The zero-order valence-corrected chi connectivity index (χ0v) is 8.97. The number of aromatic nitrogens is 1. The van der Waals surface area contributed by atoms with Gasteiger partial charge < -0.3 is 9.84 Å². The van der Waals surface area contributed by atoms with E-state index in [0.717, 1.165) is 5.76 Å². The predicted molar refractivity (Wildman–Crippen MR) is 53.2 cm³/mol. The van der Waals surface area contributed by atoms with Crippen LogP contribution in [0.3, 0.4) is 0 Å². The van der Waals surface area contributed by atoms with E-state index in [2.05, 4.69) is 10.5 Å². The fourth-order valence-electron chi connectivity index (χ4n) is 0.920. The molecule has 1 aromatic heterocycles. The third kappa shape index (κ3) is 3.03. The van der Waals surface area contributed by atoms with Crippen LogP contribution >= 0.6 is 11.6 Å². The maximum Gasteiger partial charge on any atom is 0.235 e. The molecule has 1 rings (SSSR count). The molecule has 1 N–H and O–H groups in total. The minimum atomic E-state index is -0.208. The van der Waals surface area contributed by atoms with E-state index in [1.807, 2.05) is 19.9 Å². The Morgan fingerprint density at radius 2 is 2.43 bits per heavy atom. The van der Waals surface area contributed by atoms with E-state index < -0.39 is 0 Å². The number of halogens is 1. The summed E-state index contributed by atoms with van der Waals surface area (Å²) in [6.07, 6.45) is 0. The largest absolute Gasteiger partial charge is 0.361 e. The molecule has 0 spiro atoms. The van der Waals surface area contributed by atoms with Crippen molar-refractivity contribution in [1.82, 2.24) is 10.5 Å². The molecule has 0 unspecified atom stereocenters. The molecule has 0 saturated heterocycles. The van der Waals surface area contributed by atoms with Gasteiger partial charge in [-0.15, -0.1) is 11.6 Å². The lowest BCUT2D eigenvalue weighted by Gasteiger charge is -1.97. The molecule has 0 aliphatic heterocycles. The monoisotopic (exact) mass is 216 g/mol. The fourth-order valence-corrected chi connectivity index (χ4v) is 1.01. The van der Waals surface area contributed by atoms with Crippen LogP contribution in [0, 0.1) is 0 Å². The Bertz CT molecular complexity index is 310. The molecular formula is C9H13ClN2O2. The molecule has 0 atom stereocenters. The molecule has 4 nitrogen and oxygen atoms in total. The lowest BCUT2D eigenvalue weighted by molar-refractivity contribution is -0.118. The highest BCUT2D eigenvalue weighted by Gasteiger charge is 2.08. The van der Waals surface area contributed by atoms with Gasteiger partial charge in [0.2, 0.25) is 5.91 Å². The Balaban J connectivity index is 2.48. The number of alkyl halides is 1.